The first-order valence-electron chi connectivity index (χ1n) is 15.5. The van der Waals surface area contributed by atoms with E-state index in [2.05, 4.69) is 16.0 Å². The highest BCUT2D eigenvalue weighted by Gasteiger charge is 2.34. The van der Waals surface area contributed by atoms with Crippen LogP contribution in [0.1, 0.15) is 56.3 Å². The second-order valence-corrected chi connectivity index (χ2v) is 12.1. The number of hydrogen-bond donors (Lipinski definition) is 4. The van der Waals surface area contributed by atoms with Gasteiger partial charge in [-0.3, -0.25) is 4.79 Å². The van der Waals surface area contributed by atoms with Crippen LogP contribution in [-0.4, -0.2) is 77.8 Å². The Labute approximate surface area is 258 Å². The lowest BCUT2D eigenvalue weighted by Crippen LogP contribution is -2.52. The van der Waals surface area contributed by atoms with Crippen LogP contribution >= 0.6 is 0 Å². The maximum Gasteiger partial charge on any atom is 0.323 e. The van der Waals surface area contributed by atoms with Crippen LogP contribution in [-0.2, 0) is 0 Å². The third-order valence-corrected chi connectivity index (χ3v) is 8.69. The van der Waals surface area contributed by atoms with Gasteiger partial charge in [0.2, 0.25) is 0 Å². The van der Waals surface area contributed by atoms with Gasteiger partial charge in [0.1, 0.15) is 11.9 Å². The highest BCUT2D eigenvalue weighted by atomic mass is 16.5. The molecule has 0 bridgehead atoms. The topological polar surface area (TPSA) is 123 Å². The molecule has 0 aromatic heterocycles. The number of carbonyl (C=O) groups excluding carboxylic acids is 3. The van der Waals surface area contributed by atoms with E-state index in [1.165, 1.54) is 6.42 Å². The largest absolute Gasteiger partial charge is 0.487 e. The Morgan fingerprint density at radius 1 is 1.05 bits per heavy atom. The van der Waals surface area contributed by atoms with Gasteiger partial charge in [0.25, 0.3) is 5.91 Å². The van der Waals surface area contributed by atoms with Crippen LogP contribution in [0, 0.1) is 5.92 Å². The first kappa shape index (κ1) is 31.1. The van der Waals surface area contributed by atoms with Crippen molar-refractivity contribution in [1.82, 2.24) is 15.1 Å². The summed E-state index contributed by atoms with van der Waals surface area (Å²) in [6.45, 7) is 4.24. The summed E-state index contributed by atoms with van der Waals surface area (Å²) in [5, 5.41) is 20.8. The molecule has 44 heavy (non-hydrogen) atoms. The number of hydrogen-bond acceptors (Lipinski definition) is 5. The number of nitrogens with zero attached hydrogens (tertiary/aromatic N) is 2. The van der Waals surface area contributed by atoms with Crippen LogP contribution in [0.25, 0.3) is 10.8 Å². The minimum absolute atomic E-state index is 0.129. The van der Waals surface area contributed by atoms with E-state index < -0.39 is 18.2 Å². The Morgan fingerprint density at radius 3 is 2.57 bits per heavy atom. The van der Waals surface area contributed by atoms with Gasteiger partial charge in [-0.2, -0.15) is 0 Å². The molecule has 3 atom stereocenters. The standard InChI is InChI=1S/C34H43N5O5/c1-22-19-39(23(2)21-40)32(41)28-18-26(35-33(42)37-29-15-9-11-24-10-7-8-14-27(24)29)16-17-30(28)44-31(22)20-38(3)34(43)36-25-12-5-4-6-13-25/h7-11,14-18,22-23,25,31,40H,4-6,12-13,19-21H2,1-3H3,(H,36,43)(H2,35,37,42)/t22-,23-,31-/m0/s1. The van der Waals surface area contributed by atoms with Crippen molar-refractivity contribution in [3.63, 3.8) is 0 Å². The molecule has 3 aromatic carbocycles. The van der Waals surface area contributed by atoms with Crippen molar-refractivity contribution in [2.45, 2.75) is 64.1 Å². The molecule has 4 N–H and O–H groups in total. The van der Waals surface area contributed by atoms with E-state index in [1.807, 2.05) is 49.4 Å². The van der Waals surface area contributed by atoms with E-state index in [1.54, 1.807) is 42.0 Å². The number of aliphatic hydroxyl groups is 1. The molecule has 5 rings (SSSR count). The quantitative estimate of drug-likeness (QED) is 0.278. The van der Waals surface area contributed by atoms with Crippen molar-refractivity contribution in [3.8, 4) is 5.75 Å². The molecule has 1 fully saturated rings. The van der Waals surface area contributed by atoms with Gasteiger partial charge < -0.3 is 35.6 Å². The molecule has 3 aromatic rings. The summed E-state index contributed by atoms with van der Waals surface area (Å²) in [5.74, 6) is -0.0635. The van der Waals surface area contributed by atoms with Crippen molar-refractivity contribution in [2.75, 3.05) is 37.4 Å². The van der Waals surface area contributed by atoms with E-state index in [9.17, 15) is 19.5 Å². The van der Waals surface area contributed by atoms with Crippen molar-refractivity contribution < 1.29 is 24.2 Å². The number of likely N-dealkylation sites (N-methyl/N-ethyl adjacent to an activating group) is 1. The monoisotopic (exact) mass is 601 g/mol. The summed E-state index contributed by atoms with van der Waals surface area (Å²) in [5.41, 5.74) is 1.37. The van der Waals surface area contributed by atoms with Crippen LogP contribution in [0.5, 0.6) is 5.75 Å². The molecule has 1 heterocycles. The van der Waals surface area contributed by atoms with Crippen molar-refractivity contribution in [2.24, 2.45) is 5.92 Å². The molecule has 0 saturated heterocycles. The number of carbonyl (C=O) groups is 3. The smallest absolute Gasteiger partial charge is 0.323 e. The highest BCUT2D eigenvalue weighted by Crippen LogP contribution is 2.31. The highest BCUT2D eigenvalue weighted by molar-refractivity contribution is 6.07. The van der Waals surface area contributed by atoms with Gasteiger partial charge in [0, 0.05) is 36.6 Å². The molecule has 1 saturated carbocycles. The van der Waals surface area contributed by atoms with E-state index in [0.717, 1.165) is 36.5 Å². The van der Waals surface area contributed by atoms with Crippen LogP contribution in [0.2, 0.25) is 0 Å². The fraction of sp³-hybridized carbons (Fsp3) is 0.441. The Morgan fingerprint density at radius 2 is 1.80 bits per heavy atom. The minimum Gasteiger partial charge on any atom is -0.487 e. The molecular formula is C34H43N5O5. The number of rotatable bonds is 7. The maximum absolute atomic E-state index is 13.8. The molecular weight excluding hydrogens is 558 g/mol. The zero-order valence-corrected chi connectivity index (χ0v) is 25.7. The average molecular weight is 602 g/mol. The summed E-state index contributed by atoms with van der Waals surface area (Å²) in [6.07, 6.45) is 5.05. The molecule has 1 aliphatic heterocycles. The Balaban J connectivity index is 1.34. The van der Waals surface area contributed by atoms with Crippen LogP contribution in [0.15, 0.2) is 60.7 Å². The maximum atomic E-state index is 13.8. The number of benzene rings is 3. The third-order valence-electron chi connectivity index (χ3n) is 8.69. The number of urea groups is 2. The number of fused-ring (bicyclic) bond motifs is 2. The molecule has 1 aliphatic carbocycles. The van der Waals surface area contributed by atoms with Gasteiger partial charge in [-0.05, 0) is 49.4 Å². The second-order valence-electron chi connectivity index (χ2n) is 12.1. The Bertz CT molecular complexity index is 1480. The number of anilines is 2. The zero-order valence-electron chi connectivity index (χ0n) is 25.7. The van der Waals surface area contributed by atoms with Crippen LogP contribution in [0.3, 0.4) is 0 Å². The number of aliphatic hydroxyl groups excluding tert-OH is 1. The van der Waals surface area contributed by atoms with E-state index in [4.69, 9.17) is 4.74 Å². The molecule has 0 spiro atoms. The Kier molecular flexibility index (Phi) is 9.89. The van der Waals surface area contributed by atoms with E-state index in [0.29, 0.717) is 30.2 Å². The average Bonchev–Trinajstić information content (AvgIpc) is 3.03. The molecule has 10 nitrogen and oxygen atoms in total. The first-order valence-corrected chi connectivity index (χ1v) is 15.5. The number of ether oxygens (including phenoxy) is 1. The lowest BCUT2D eigenvalue weighted by atomic mass is 9.96. The fourth-order valence-electron chi connectivity index (χ4n) is 6.02. The molecule has 234 valence electrons. The zero-order chi connectivity index (χ0) is 31.2. The lowest BCUT2D eigenvalue weighted by molar-refractivity contribution is 0.0366. The van der Waals surface area contributed by atoms with E-state index >= 15 is 0 Å². The number of amides is 5. The van der Waals surface area contributed by atoms with Crippen molar-refractivity contribution in [3.05, 3.63) is 66.2 Å². The molecule has 2 aliphatic rings. The summed E-state index contributed by atoms with van der Waals surface area (Å²) in [7, 11) is 1.76. The SMILES string of the molecule is C[C@H]1CN([C@@H](C)CO)C(=O)c2cc(NC(=O)Nc3cccc4ccccc34)ccc2O[C@H]1CN(C)C(=O)NC1CCCCC1. The van der Waals surface area contributed by atoms with Crippen LogP contribution in [0.4, 0.5) is 21.0 Å². The van der Waals surface area contributed by atoms with Gasteiger partial charge >= 0.3 is 12.1 Å². The molecule has 0 radical (unpaired) electrons. The first-order chi connectivity index (χ1) is 21.2. The predicted molar refractivity (Wildman–Crippen MR) is 172 cm³/mol. The summed E-state index contributed by atoms with van der Waals surface area (Å²) >= 11 is 0. The third kappa shape index (κ3) is 7.24. The number of nitrogens with one attached hydrogen (secondary N) is 3. The van der Waals surface area contributed by atoms with E-state index in [-0.39, 0.29) is 36.1 Å². The molecule has 5 amide bonds. The minimum atomic E-state index is -0.446. The lowest BCUT2D eigenvalue weighted by Gasteiger charge is -2.38. The van der Waals surface area contributed by atoms with Crippen molar-refractivity contribution in [1.29, 1.82) is 0 Å². The van der Waals surface area contributed by atoms with Gasteiger partial charge in [0.05, 0.1) is 30.4 Å². The predicted octanol–water partition coefficient (Wildman–Crippen LogP) is 5.68. The van der Waals surface area contributed by atoms with Crippen LogP contribution < -0.4 is 20.7 Å². The molecule has 10 heteroatoms. The molecule has 0 unspecified atom stereocenters. The summed E-state index contributed by atoms with van der Waals surface area (Å²) in [4.78, 5) is 43.1. The Hall–Kier alpha value is -4.31. The van der Waals surface area contributed by atoms with Gasteiger partial charge in [-0.15, -0.1) is 0 Å². The summed E-state index contributed by atoms with van der Waals surface area (Å²) in [6, 6.07) is 17.6. The summed E-state index contributed by atoms with van der Waals surface area (Å²) < 4.78 is 6.44. The van der Waals surface area contributed by atoms with Gasteiger partial charge in [-0.25, -0.2) is 9.59 Å². The van der Waals surface area contributed by atoms with Gasteiger partial charge in [-0.1, -0.05) is 62.6 Å². The normalized spacial score (nSPS) is 19.6. The van der Waals surface area contributed by atoms with Crippen molar-refractivity contribution >= 4 is 40.1 Å². The van der Waals surface area contributed by atoms with Gasteiger partial charge in [0.15, 0.2) is 0 Å². The second kappa shape index (κ2) is 14.0. The fourth-order valence-corrected chi connectivity index (χ4v) is 6.02.